The van der Waals surface area contributed by atoms with Crippen LogP contribution >= 0.6 is 34.7 Å². The maximum atomic E-state index is 12.3. The van der Waals surface area contributed by atoms with Gasteiger partial charge in [0.1, 0.15) is 0 Å². The molecule has 0 saturated heterocycles. The molecule has 1 N–H and O–H groups in total. The Morgan fingerprint density at radius 3 is 2.95 bits per heavy atom. The van der Waals surface area contributed by atoms with Crippen LogP contribution in [0.3, 0.4) is 0 Å². The van der Waals surface area contributed by atoms with Gasteiger partial charge in [-0.15, -0.1) is 23.1 Å². The first kappa shape index (κ1) is 14.0. The van der Waals surface area contributed by atoms with Gasteiger partial charge in [0.05, 0.1) is 10.9 Å². The largest absolute Gasteiger partial charge is 0.344 e. The predicted molar refractivity (Wildman–Crippen MR) is 86.1 cm³/mol. The third-order valence-electron chi connectivity index (χ3n) is 3.28. The van der Waals surface area contributed by atoms with Gasteiger partial charge in [0.25, 0.3) is 5.91 Å². The summed E-state index contributed by atoms with van der Waals surface area (Å²) in [7, 11) is 0. The van der Waals surface area contributed by atoms with E-state index in [1.165, 1.54) is 16.2 Å². The van der Waals surface area contributed by atoms with E-state index in [-0.39, 0.29) is 11.9 Å². The van der Waals surface area contributed by atoms with E-state index in [1.54, 1.807) is 0 Å². The van der Waals surface area contributed by atoms with E-state index in [0.717, 1.165) is 32.5 Å². The molecule has 1 atom stereocenters. The number of hydrogen-bond donors (Lipinski definition) is 1. The summed E-state index contributed by atoms with van der Waals surface area (Å²) >= 11 is 9.43. The van der Waals surface area contributed by atoms with Gasteiger partial charge in [-0.05, 0) is 49.2 Å². The molecule has 2 nitrogen and oxygen atoms in total. The first-order chi connectivity index (χ1) is 9.63. The van der Waals surface area contributed by atoms with E-state index < -0.39 is 0 Å². The molecular weight excluding hydrogens is 310 g/mol. The van der Waals surface area contributed by atoms with Crippen LogP contribution < -0.4 is 5.32 Å². The van der Waals surface area contributed by atoms with Gasteiger partial charge >= 0.3 is 0 Å². The molecule has 5 heteroatoms. The second-order valence-electron chi connectivity index (χ2n) is 4.76. The van der Waals surface area contributed by atoms with E-state index in [0.29, 0.717) is 0 Å². The maximum absolute atomic E-state index is 12.3. The van der Waals surface area contributed by atoms with Crippen LogP contribution in [-0.4, -0.2) is 11.7 Å². The molecule has 2 heterocycles. The monoisotopic (exact) mass is 323 g/mol. The molecule has 0 spiro atoms. The summed E-state index contributed by atoms with van der Waals surface area (Å²) in [5.41, 5.74) is 1.13. The Morgan fingerprint density at radius 2 is 2.20 bits per heavy atom. The fourth-order valence-electron chi connectivity index (χ4n) is 2.30. The number of benzene rings is 1. The highest BCUT2D eigenvalue weighted by atomic mass is 35.5. The number of halogens is 1. The number of thioether (sulfide) groups is 1. The Hall–Kier alpha value is -0.970. The van der Waals surface area contributed by atoms with Crippen molar-refractivity contribution < 1.29 is 4.79 Å². The van der Waals surface area contributed by atoms with Crippen molar-refractivity contribution in [2.75, 3.05) is 5.75 Å². The zero-order valence-electron chi connectivity index (χ0n) is 11.0. The van der Waals surface area contributed by atoms with Crippen LogP contribution in [0.1, 0.15) is 32.6 Å². The van der Waals surface area contributed by atoms with Crippen molar-refractivity contribution in [2.45, 2.75) is 24.3 Å². The van der Waals surface area contributed by atoms with Gasteiger partial charge in [0.15, 0.2) is 0 Å². The zero-order valence-corrected chi connectivity index (χ0v) is 13.4. The van der Waals surface area contributed by atoms with Gasteiger partial charge in [0, 0.05) is 20.5 Å². The molecular formula is C15H14ClNOS2. The standard InChI is InChI=1S/C15H14ClNOS2/c1-9-2-4-14(20-9)15(18)17-12-6-7-19-13-5-3-10(16)8-11(12)13/h2-5,8,12H,6-7H2,1H3,(H,17,18). The molecule has 1 aliphatic heterocycles. The van der Waals surface area contributed by atoms with Crippen LogP contribution in [0.2, 0.25) is 5.02 Å². The van der Waals surface area contributed by atoms with Crippen molar-refractivity contribution in [3.8, 4) is 0 Å². The Kier molecular flexibility index (Phi) is 4.06. The maximum Gasteiger partial charge on any atom is 0.261 e. The normalized spacial score (nSPS) is 17.6. The van der Waals surface area contributed by atoms with Crippen molar-refractivity contribution in [3.05, 3.63) is 50.7 Å². The van der Waals surface area contributed by atoms with Crippen molar-refractivity contribution in [2.24, 2.45) is 0 Å². The highest BCUT2D eigenvalue weighted by Gasteiger charge is 2.23. The number of hydrogen-bond acceptors (Lipinski definition) is 3. The van der Waals surface area contributed by atoms with Crippen LogP contribution in [0.4, 0.5) is 0 Å². The molecule has 0 bridgehead atoms. The van der Waals surface area contributed by atoms with Gasteiger partial charge in [0.2, 0.25) is 0 Å². The average molecular weight is 324 g/mol. The molecule has 1 amide bonds. The molecule has 1 aliphatic rings. The molecule has 0 aliphatic carbocycles. The molecule has 0 fully saturated rings. The third-order valence-corrected chi connectivity index (χ3v) is 5.64. The van der Waals surface area contributed by atoms with Gasteiger partial charge in [-0.2, -0.15) is 0 Å². The number of thiophene rings is 1. The SMILES string of the molecule is Cc1ccc(C(=O)NC2CCSc3ccc(Cl)cc32)s1. The van der Waals surface area contributed by atoms with Gasteiger partial charge in [-0.25, -0.2) is 0 Å². The molecule has 2 aromatic rings. The van der Waals surface area contributed by atoms with Gasteiger partial charge in [-0.3, -0.25) is 4.79 Å². The van der Waals surface area contributed by atoms with E-state index in [9.17, 15) is 4.79 Å². The van der Waals surface area contributed by atoms with E-state index >= 15 is 0 Å². The van der Waals surface area contributed by atoms with Crippen LogP contribution in [0, 0.1) is 6.92 Å². The van der Waals surface area contributed by atoms with Gasteiger partial charge < -0.3 is 5.32 Å². The number of amides is 1. The first-order valence-corrected chi connectivity index (χ1v) is 8.61. The molecule has 104 valence electrons. The average Bonchev–Trinajstić information content (AvgIpc) is 2.86. The molecule has 0 radical (unpaired) electrons. The van der Waals surface area contributed by atoms with E-state index in [1.807, 2.05) is 49.0 Å². The summed E-state index contributed by atoms with van der Waals surface area (Å²) in [5, 5.41) is 3.85. The van der Waals surface area contributed by atoms with Crippen LogP contribution in [0.5, 0.6) is 0 Å². The molecule has 1 aromatic carbocycles. The smallest absolute Gasteiger partial charge is 0.261 e. The first-order valence-electron chi connectivity index (χ1n) is 6.43. The lowest BCUT2D eigenvalue weighted by molar-refractivity contribution is 0.0939. The molecule has 20 heavy (non-hydrogen) atoms. The Labute approximate surface area is 131 Å². The minimum absolute atomic E-state index is 0.00549. The highest BCUT2D eigenvalue weighted by Crippen LogP contribution is 2.37. The summed E-state index contributed by atoms with van der Waals surface area (Å²) in [6, 6.07) is 9.82. The summed E-state index contributed by atoms with van der Waals surface area (Å²) in [6.45, 7) is 2.01. The minimum atomic E-state index is 0.00549. The number of carbonyl (C=O) groups excluding carboxylic acids is 1. The minimum Gasteiger partial charge on any atom is -0.344 e. The van der Waals surface area contributed by atoms with Gasteiger partial charge in [-0.1, -0.05) is 11.6 Å². The molecule has 1 unspecified atom stereocenters. The van der Waals surface area contributed by atoms with Crippen LogP contribution in [0.15, 0.2) is 35.2 Å². The summed E-state index contributed by atoms with van der Waals surface area (Å²) in [6.07, 6.45) is 0.939. The number of carbonyl (C=O) groups is 1. The summed E-state index contributed by atoms with van der Waals surface area (Å²) in [5.74, 6) is 1.02. The number of rotatable bonds is 2. The van der Waals surface area contributed by atoms with Crippen molar-refractivity contribution in [1.29, 1.82) is 0 Å². The third kappa shape index (κ3) is 2.87. The summed E-state index contributed by atoms with van der Waals surface area (Å²) in [4.78, 5) is 15.4. The van der Waals surface area contributed by atoms with Crippen LogP contribution in [-0.2, 0) is 0 Å². The predicted octanol–water partition coefficient (Wildman–Crippen LogP) is 4.68. The molecule has 0 saturated carbocycles. The number of fused-ring (bicyclic) bond motifs is 1. The fourth-order valence-corrected chi connectivity index (χ4v) is 4.36. The zero-order chi connectivity index (χ0) is 14.1. The number of aryl methyl sites for hydroxylation is 1. The Bertz CT molecular complexity index is 653. The fraction of sp³-hybridized carbons (Fsp3) is 0.267. The second-order valence-corrected chi connectivity index (χ2v) is 7.62. The van der Waals surface area contributed by atoms with Crippen molar-refractivity contribution in [3.63, 3.8) is 0 Å². The van der Waals surface area contributed by atoms with Crippen molar-refractivity contribution in [1.82, 2.24) is 5.32 Å². The number of nitrogens with one attached hydrogen (secondary N) is 1. The lowest BCUT2D eigenvalue weighted by Gasteiger charge is -2.26. The topological polar surface area (TPSA) is 29.1 Å². The quantitative estimate of drug-likeness (QED) is 0.869. The molecule has 3 rings (SSSR count). The van der Waals surface area contributed by atoms with Crippen molar-refractivity contribution >= 4 is 40.6 Å². The highest BCUT2D eigenvalue weighted by molar-refractivity contribution is 7.99. The van der Waals surface area contributed by atoms with Crippen LogP contribution in [0.25, 0.3) is 0 Å². The Morgan fingerprint density at radius 1 is 1.35 bits per heavy atom. The second kappa shape index (κ2) is 5.80. The lowest BCUT2D eigenvalue weighted by Crippen LogP contribution is -2.30. The summed E-state index contributed by atoms with van der Waals surface area (Å²) < 4.78 is 0. The Balaban J connectivity index is 1.82. The van der Waals surface area contributed by atoms with E-state index in [4.69, 9.17) is 11.6 Å². The lowest BCUT2D eigenvalue weighted by atomic mass is 10.0. The van der Waals surface area contributed by atoms with E-state index in [2.05, 4.69) is 5.32 Å². The molecule has 1 aromatic heterocycles.